The molecule has 0 spiro atoms. The lowest BCUT2D eigenvalue weighted by Gasteiger charge is -2.25. The zero-order valence-electron chi connectivity index (χ0n) is 7.92. The third-order valence-corrected chi connectivity index (χ3v) is 4.58. The Labute approximate surface area is 82.2 Å². The van der Waals surface area contributed by atoms with Gasteiger partial charge in [-0.15, -0.1) is 4.72 Å². The molecule has 2 atom stereocenters. The molecule has 1 saturated heterocycles. The van der Waals surface area contributed by atoms with E-state index < -0.39 is 11.4 Å². The van der Waals surface area contributed by atoms with Crippen molar-refractivity contribution < 1.29 is 4.55 Å². The van der Waals surface area contributed by atoms with Crippen molar-refractivity contribution in [3.63, 3.8) is 0 Å². The van der Waals surface area contributed by atoms with Gasteiger partial charge in [-0.1, -0.05) is 0 Å². The fourth-order valence-corrected chi connectivity index (χ4v) is 3.07. The van der Waals surface area contributed by atoms with Crippen molar-refractivity contribution in [3.8, 4) is 0 Å². The molecule has 4 heteroatoms. The van der Waals surface area contributed by atoms with Crippen LogP contribution in [0.2, 0.25) is 0 Å². The van der Waals surface area contributed by atoms with Gasteiger partial charge in [-0.2, -0.15) is 11.8 Å². The number of rotatable bonds is 2. The van der Waals surface area contributed by atoms with Crippen LogP contribution in [0.1, 0.15) is 27.2 Å². The van der Waals surface area contributed by atoms with Crippen LogP contribution < -0.4 is 4.72 Å². The number of hydrogen-bond acceptors (Lipinski definition) is 3. The molecule has 1 heterocycles. The smallest absolute Gasteiger partial charge is 0.136 e. The molecule has 0 aromatic heterocycles. The average Bonchev–Trinajstić information content (AvgIpc) is 2.37. The molecule has 1 fully saturated rings. The monoisotopic (exact) mass is 207 g/mol. The Morgan fingerprint density at radius 3 is 2.58 bits per heavy atom. The van der Waals surface area contributed by atoms with Crippen LogP contribution in [-0.4, -0.2) is 26.8 Å². The first-order valence-electron chi connectivity index (χ1n) is 4.26. The van der Waals surface area contributed by atoms with Gasteiger partial charge in [-0.3, -0.25) is 0 Å². The summed E-state index contributed by atoms with van der Waals surface area (Å²) in [5, 5.41) is 0. The van der Waals surface area contributed by atoms with E-state index in [0.29, 0.717) is 6.04 Å². The summed E-state index contributed by atoms with van der Waals surface area (Å²) in [6, 6.07) is 0.468. The Balaban J connectivity index is 2.30. The Kier molecular flexibility index (Phi) is 3.76. The molecule has 72 valence electrons. The van der Waals surface area contributed by atoms with Crippen LogP contribution in [0.4, 0.5) is 0 Å². The predicted molar refractivity (Wildman–Crippen MR) is 56.8 cm³/mol. The first-order valence-corrected chi connectivity index (χ1v) is 6.56. The van der Waals surface area contributed by atoms with Crippen molar-refractivity contribution in [2.24, 2.45) is 0 Å². The predicted octanol–water partition coefficient (Wildman–Crippen LogP) is 1.54. The lowest BCUT2D eigenvalue weighted by molar-refractivity contribution is 0.528. The van der Waals surface area contributed by atoms with Crippen LogP contribution in [0, 0.1) is 0 Å². The maximum Gasteiger partial charge on any atom is 0.136 e. The highest BCUT2D eigenvalue weighted by Crippen LogP contribution is 2.21. The zero-order valence-corrected chi connectivity index (χ0v) is 9.56. The third kappa shape index (κ3) is 3.17. The van der Waals surface area contributed by atoms with Gasteiger partial charge in [0, 0.05) is 17.1 Å². The average molecular weight is 207 g/mol. The molecular formula is C8H17NOS2. The van der Waals surface area contributed by atoms with E-state index in [9.17, 15) is 4.55 Å². The lowest BCUT2D eigenvalue weighted by Crippen LogP contribution is -2.44. The van der Waals surface area contributed by atoms with Gasteiger partial charge in [-0.25, -0.2) is 0 Å². The first-order chi connectivity index (χ1) is 5.50. The van der Waals surface area contributed by atoms with Gasteiger partial charge in [0.2, 0.25) is 0 Å². The molecule has 1 aliphatic rings. The maximum atomic E-state index is 11.6. The van der Waals surface area contributed by atoms with Crippen molar-refractivity contribution in [1.82, 2.24) is 4.72 Å². The fraction of sp³-hybridized carbons (Fsp3) is 1.00. The van der Waals surface area contributed by atoms with Crippen molar-refractivity contribution >= 4 is 23.1 Å². The summed E-state index contributed by atoms with van der Waals surface area (Å²) in [6.07, 6.45) is 1.16. The van der Waals surface area contributed by atoms with E-state index >= 15 is 0 Å². The van der Waals surface area contributed by atoms with Crippen LogP contribution in [0.15, 0.2) is 0 Å². The van der Waals surface area contributed by atoms with Crippen LogP contribution in [0.25, 0.3) is 0 Å². The maximum absolute atomic E-state index is 11.6. The first kappa shape index (κ1) is 10.7. The number of hydrogen-bond donors (Lipinski definition) is 1. The van der Waals surface area contributed by atoms with Crippen LogP contribution in [-0.2, 0) is 11.4 Å². The molecule has 12 heavy (non-hydrogen) atoms. The van der Waals surface area contributed by atoms with Gasteiger partial charge in [0.25, 0.3) is 0 Å². The molecule has 0 aliphatic carbocycles. The van der Waals surface area contributed by atoms with Gasteiger partial charge >= 0.3 is 0 Å². The summed E-state index contributed by atoms with van der Waals surface area (Å²) in [5.74, 6) is 2.32. The van der Waals surface area contributed by atoms with E-state index in [1.807, 2.05) is 32.5 Å². The van der Waals surface area contributed by atoms with Crippen molar-refractivity contribution in [3.05, 3.63) is 0 Å². The molecule has 0 radical (unpaired) electrons. The normalized spacial score (nSPS) is 27.5. The Bertz CT molecular complexity index is 140. The molecule has 1 N–H and O–H groups in total. The van der Waals surface area contributed by atoms with Gasteiger partial charge < -0.3 is 4.55 Å². The highest BCUT2D eigenvalue weighted by Gasteiger charge is 2.30. The molecule has 1 aliphatic heterocycles. The SMILES string of the molecule is CC(C)(C)[S@@+]([O-])N[C@H]1CCSC1. The van der Waals surface area contributed by atoms with E-state index in [0.717, 1.165) is 12.2 Å². The van der Waals surface area contributed by atoms with E-state index in [1.165, 1.54) is 5.75 Å². The van der Waals surface area contributed by atoms with Crippen LogP contribution in [0.5, 0.6) is 0 Å². The van der Waals surface area contributed by atoms with Crippen molar-refractivity contribution in [1.29, 1.82) is 0 Å². The molecule has 0 aromatic rings. The van der Waals surface area contributed by atoms with E-state index in [-0.39, 0.29) is 4.75 Å². The third-order valence-electron chi connectivity index (χ3n) is 1.76. The topological polar surface area (TPSA) is 35.1 Å². The molecular weight excluding hydrogens is 190 g/mol. The minimum Gasteiger partial charge on any atom is -0.598 e. The summed E-state index contributed by atoms with van der Waals surface area (Å²) >= 11 is 1.05. The van der Waals surface area contributed by atoms with Gasteiger partial charge in [0.05, 0.1) is 6.04 Å². The van der Waals surface area contributed by atoms with Crippen LogP contribution in [0.3, 0.4) is 0 Å². The summed E-state index contributed by atoms with van der Waals surface area (Å²) in [6.45, 7) is 5.99. The van der Waals surface area contributed by atoms with Gasteiger partial charge in [-0.05, 0) is 32.9 Å². The second-order valence-electron chi connectivity index (χ2n) is 4.06. The summed E-state index contributed by atoms with van der Waals surface area (Å²) < 4.78 is 14.6. The highest BCUT2D eigenvalue weighted by atomic mass is 32.2. The number of thioether (sulfide) groups is 1. The molecule has 1 rings (SSSR count). The quantitative estimate of drug-likeness (QED) is 0.698. The largest absolute Gasteiger partial charge is 0.598 e. The van der Waals surface area contributed by atoms with Crippen molar-refractivity contribution in [2.45, 2.75) is 38.0 Å². The Morgan fingerprint density at radius 2 is 2.17 bits per heavy atom. The van der Waals surface area contributed by atoms with Gasteiger partial charge in [0.1, 0.15) is 4.75 Å². The Morgan fingerprint density at radius 1 is 1.50 bits per heavy atom. The summed E-state index contributed by atoms with van der Waals surface area (Å²) in [5.41, 5.74) is 0. The second-order valence-corrected chi connectivity index (χ2v) is 7.21. The second kappa shape index (κ2) is 4.22. The van der Waals surface area contributed by atoms with Crippen molar-refractivity contribution in [2.75, 3.05) is 11.5 Å². The van der Waals surface area contributed by atoms with Gasteiger partial charge in [0.15, 0.2) is 0 Å². The molecule has 0 amide bonds. The summed E-state index contributed by atoms with van der Waals surface area (Å²) in [7, 11) is 0. The van der Waals surface area contributed by atoms with Crippen LogP contribution >= 0.6 is 11.8 Å². The standard InChI is InChI=1S/C8H17NOS2/c1-8(2,3)12(10)9-7-4-5-11-6-7/h7,9H,4-6H2,1-3H3/t7-,12+/m0/s1. The Hall–Kier alpha value is 0.620. The molecule has 0 saturated carbocycles. The molecule has 0 bridgehead atoms. The molecule has 0 unspecified atom stereocenters. The van der Waals surface area contributed by atoms with E-state index in [4.69, 9.17) is 0 Å². The fourth-order valence-electron chi connectivity index (χ4n) is 0.956. The number of nitrogens with one attached hydrogen (secondary N) is 1. The molecule has 0 aromatic carbocycles. The zero-order chi connectivity index (χ0) is 9.19. The minimum atomic E-state index is -0.890. The lowest BCUT2D eigenvalue weighted by atomic mass is 10.3. The van der Waals surface area contributed by atoms with E-state index in [2.05, 4.69) is 4.72 Å². The summed E-state index contributed by atoms with van der Waals surface area (Å²) in [4.78, 5) is 0. The highest BCUT2D eigenvalue weighted by molar-refractivity contribution is 7.99. The van der Waals surface area contributed by atoms with E-state index in [1.54, 1.807) is 0 Å². The minimum absolute atomic E-state index is 0.132. The molecule has 2 nitrogen and oxygen atoms in total.